The van der Waals surface area contributed by atoms with Gasteiger partial charge in [0.2, 0.25) is 0 Å². The molecule has 1 amide bonds. The third-order valence-electron chi connectivity index (χ3n) is 4.59. The summed E-state index contributed by atoms with van der Waals surface area (Å²) >= 11 is 6.00. The number of aryl methyl sites for hydroxylation is 1. The number of rotatable bonds is 5. The van der Waals surface area contributed by atoms with Crippen molar-refractivity contribution in [3.63, 3.8) is 0 Å². The predicted molar refractivity (Wildman–Crippen MR) is 111 cm³/mol. The largest absolute Gasteiger partial charge is 0.349 e. The van der Waals surface area contributed by atoms with Crippen LogP contribution in [0.3, 0.4) is 0 Å². The normalized spacial score (nSPS) is 10.9. The quantitative estimate of drug-likeness (QED) is 0.524. The van der Waals surface area contributed by atoms with E-state index in [2.05, 4.69) is 10.4 Å². The van der Waals surface area contributed by atoms with Crippen molar-refractivity contribution in [1.29, 1.82) is 0 Å². The molecule has 146 valence electrons. The van der Waals surface area contributed by atoms with E-state index in [0.29, 0.717) is 16.4 Å². The molecular formula is C22H18ClFN4O. The van der Waals surface area contributed by atoms with Crippen LogP contribution >= 0.6 is 11.6 Å². The highest BCUT2D eigenvalue weighted by molar-refractivity contribution is 6.30. The Morgan fingerprint density at radius 1 is 1.10 bits per heavy atom. The first kappa shape index (κ1) is 19.0. The van der Waals surface area contributed by atoms with E-state index >= 15 is 0 Å². The summed E-state index contributed by atoms with van der Waals surface area (Å²) in [6.45, 7) is 0.282. The number of benzene rings is 2. The molecule has 0 saturated heterocycles. The van der Waals surface area contributed by atoms with Gasteiger partial charge in [0.25, 0.3) is 5.91 Å². The number of amides is 1. The molecule has 2 heterocycles. The van der Waals surface area contributed by atoms with Crippen molar-refractivity contribution < 1.29 is 9.18 Å². The van der Waals surface area contributed by atoms with Gasteiger partial charge in [-0.05, 0) is 60.2 Å². The zero-order chi connectivity index (χ0) is 20.4. The SMILES string of the molecule is Cn1cccc1-c1cc(C(=O)NCc2ccc(F)cc2)n(-c2ccc(Cl)cc2)n1. The van der Waals surface area contributed by atoms with Crippen molar-refractivity contribution in [1.82, 2.24) is 19.7 Å². The molecule has 2 aromatic heterocycles. The van der Waals surface area contributed by atoms with E-state index in [4.69, 9.17) is 11.6 Å². The van der Waals surface area contributed by atoms with E-state index in [1.807, 2.05) is 29.9 Å². The van der Waals surface area contributed by atoms with Crippen molar-refractivity contribution >= 4 is 17.5 Å². The number of aromatic nitrogens is 3. The Balaban J connectivity index is 1.67. The molecule has 0 atom stereocenters. The smallest absolute Gasteiger partial charge is 0.270 e. The lowest BCUT2D eigenvalue weighted by Crippen LogP contribution is -2.25. The topological polar surface area (TPSA) is 51.9 Å². The van der Waals surface area contributed by atoms with E-state index in [0.717, 1.165) is 16.9 Å². The second-order valence-electron chi connectivity index (χ2n) is 6.62. The minimum atomic E-state index is -0.312. The van der Waals surface area contributed by atoms with Crippen LogP contribution in [-0.2, 0) is 13.6 Å². The average Bonchev–Trinajstić information content (AvgIpc) is 3.34. The van der Waals surface area contributed by atoms with Crippen LogP contribution in [0.1, 0.15) is 16.1 Å². The lowest BCUT2D eigenvalue weighted by atomic mass is 10.2. The van der Waals surface area contributed by atoms with E-state index in [9.17, 15) is 9.18 Å². The molecule has 29 heavy (non-hydrogen) atoms. The summed E-state index contributed by atoms with van der Waals surface area (Å²) in [5, 5.41) is 8.12. The van der Waals surface area contributed by atoms with Gasteiger partial charge in [-0.1, -0.05) is 23.7 Å². The molecule has 0 aliphatic heterocycles. The molecule has 7 heteroatoms. The summed E-state index contributed by atoms with van der Waals surface area (Å²) in [6.07, 6.45) is 1.92. The van der Waals surface area contributed by atoms with Crippen molar-refractivity contribution in [2.45, 2.75) is 6.54 Å². The number of carbonyl (C=O) groups is 1. The van der Waals surface area contributed by atoms with Crippen LogP contribution in [0.25, 0.3) is 17.1 Å². The maximum absolute atomic E-state index is 13.1. The molecule has 4 rings (SSSR count). The lowest BCUT2D eigenvalue weighted by Gasteiger charge is -2.09. The van der Waals surface area contributed by atoms with Gasteiger partial charge in [0, 0.05) is 24.8 Å². The fourth-order valence-electron chi connectivity index (χ4n) is 3.05. The first-order valence-corrected chi connectivity index (χ1v) is 9.39. The molecule has 0 radical (unpaired) electrons. The third kappa shape index (κ3) is 4.07. The van der Waals surface area contributed by atoms with Crippen molar-refractivity contribution in [3.8, 4) is 17.1 Å². The Bertz CT molecular complexity index is 1150. The van der Waals surface area contributed by atoms with Crippen LogP contribution < -0.4 is 5.32 Å². The molecule has 4 aromatic rings. The minimum absolute atomic E-state index is 0.280. The average molecular weight is 409 g/mol. The Kier molecular flexibility index (Phi) is 5.18. The lowest BCUT2D eigenvalue weighted by molar-refractivity contribution is 0.0943. The fraction of sp³-hybridized carbons (Fsp3) is 0.0909. The van der Waals surface area contributed by atoms with Gasteiger partial charge in [0.15, 0.2) is 0 Å². The maximum atomic E-state index is 13.1. The Labute approximate surface area is 172 Å². The molecular weight excluding hydrogens is 391 g/mol. The van der Waals surface area contributed by atoms with Crippen molar-refractivity contribution in [2.24, 2.45) is 7.05 Å². The predicted octanol–water partition coefficient (Wildman–Crippen LogP) is 4.60. The van der Waals surface area contributed by atoms with Crippen molar-refractivity contribution in [2.75, 3.05) is 0 Å². The van der Waals surface area contributed by atoms with Gasteiger partial charge in [-0.2, -0.15) is 5.10 Å². The molecule has 0 bridgehead atoms. The molecule has 0 saturated carbocycles. The van der Waals surface area contributed by atoms with Gasteiger partial charge >= 0.3 is 0 Å². The molecule has 0 aliphatic rings. The van der Waals surface area contributed by atoms with E-state index in [-0.39, 0.29) is 18.3 Å². The first-order chi connectivity index (χ1) is 14.0. The van der Waals surface area contributed by atoms with Crippen molar-refractivity contribution in [3.05, 3.63) is 95.0 Å². The highest BCUT2D eigenvalue weighted by atomic mass is 35.5. The number of carbonyl (C=O) groups excluding carboxylic acids is 1. The summed E-state index contributed by atoms with van der Waals surface area (Å²) in [5.74, 6) is -0.592. The second-order valence-corrected chi connectivity index (χ2v) is 7.05. The Morgan fingerprint density at radius 3 is 2.48 bits per heavy atom. The van der Waals surface area contributed by atoms with Gasteiger partial charge in [-0.15, -0.1) is 0 Å². The molecule has 2 aromatic carbocycles. The highest BCUT2D eigenvalue weighted by Gasteiger charge is 2.18. The number of hydrogen-bond acceptors (Lipinski definition) is 2. The summed E-state index contributed by atoms with van der Waals surface area (Å²) in [7, 11) is 1.92. The summed E-state index contributed by atoms with van der Waals surface area (Å²) in [5.41, 5.74) is 3.50. The summed E-state index contributed by atoms with van der Waals surface area (Å²) in [4.78, 5) is 12.9. The number of nitrogens with zero attached hydrogens (tertiary/aromatic N) is 3. The minimum Gasteiger partial charge on any atom is -0.349 e. The number of halogens is 2. The molecule has 1 N–H and O–H groups in total. The van der Waals surface area contributed by atoms with Gasteiger partial charge in [-0.25, -0.2) is 9.07 Å². The number of hydrogen-bond donors (Lipinski definition) is 1. The molecule has 0 spiro atoms. The monoisotopic (exact) mass is 408 g/mol. The van der Waals surface area contributed by atoms with Crippen LogP contribution in [0.15, 0.2) is 72.9 Å². The maximum Gasteiger partial charge on any atom is 0.270 e. The van der Waals surface area contributed by atoms with Gasteiger partial charge in [0.1, 0.15) is 17.2 Å². The second kappa shape index (κ2) is 7.93. The van der Waals surface area contributed by atoms with Gasteiger partial charge in [0.05, 0.1) is 11.4 Å². The van der Waals surface area contributed by atoms with E-state index in [1.54, 1.807) is 47.1 Å². The molecule has 0 fully saturated rings. The fourth-order valence-corrected chi connectivity index (χ4v) is 3.18. The first-order valence-electron chi connectivity index (χ1n) is 9.01. The highest BCUT2D eigenvalue weighted by Crippen LogP contribution is 2.23. The molecule has 0 aliphatic carbocycles. The van der Waals surface area contributed by atoms with Crippen LogP contribution in [0.2, 0.25) is 5.02 Å². The Hall–Kier alpha value is -3.38. The zero-order valence-corrected chi connectivity index (χ0v) is 16.4. The third-order valence-corrected chi connectivity index (χ3v) is 4.84. The molecule has 5 nitrogen and oxygen atoms in total. The Morgan fingerprint density at radius 2 is 1.83 bits per heavy atom. The number of nitrogens with one attached hydrogen (secondary N) is 1. The zero-order valence-electron chi connectivity index (χ0n) is 15.6. The van der Waals surface area contributed by atoms with Gasteiger partial charge < -0.3 is 9.88 Å². The standard InChI is InChI=1S/C22H18ClFN4O/c1-27-12-2-3-20(27)19-13-21(28(26-19)18-10-6-16(23)7-11-18)22(29)25-14-15-4-8-17(24)9-5-15/h2-13H,14H2,1H3,(H,25,29). The van der Waals surface area contributed by atoms with E-state index in [1.165, 1.54) is 12.1 Å². The van der Waals surface area contributed by atoms with Gasteiger partial charge in [-0.3, -0.25) is 4.79 Å². The van der Waals surface area contributed by atoms with Crippen LogP contribution in [0.4, 0.5) is 4.39 Å². The molecule has 0 unspecified atom stereocenters. The van der Waals surface area contributed by atoms with Crippen LogP contribution in [0, 0.1) is 5.82 Å². The van der Waals surface area contributed by atoms with Crippen LogP contribution in [-0.4, -0.2) is 20.3 Å². The van der Waals surface area contributed by atoms with E-state index < -0.39 is 0 Å². The summed E-state index contributed by atoms with van der Waals surface area (Å²) in [6, 6.07) is 18.7. The van der Waals surface area contributed by atoms with Crippen LogP contribution in [0.5, 0.6) is 0 Å². The summed E-state index contributed by atoms with van der Waals surface area (Å²) < 4.78 is 16.6.